The highest BCUT2D eigenvalue weighted by atomic mass is 16.5. The molecule has 0 unspecified atom stereocenters. The van der Waals surface area contributed by atoms with Gasteiger partial charge in [0.25, 0.3) is 0 Å². The molecular weight excluding hydrogens is 314 g/mol. The second-order valence-electron chi connectivity index (χ2n) is 6.46. The van der Waals surface area contributed by atoms with E-state index in [9.17, 15) is 0 Å². The summed E-state index contributed by atoms with van der Waals surface area (Å²) in [5, 5.41) is 4.35. The van der Waals surface area contributed by atoms with Crippen LogP contribution in [-0.4, -0.2) is 46.7 Å². The fourth-order valence-corrected chi connectivity index (χ4v) is 3.36. The van der Waals surface area contributed by atoms with Crippen molar-refractivity contribution < 1.29 is 4.74 Å². The van der Waals surface area contributed by atoms with E-state index in [-0.39, 0.29) is 6.04 Å². The highest BCUT2D eigenvalue weighted by Crippen LogP contribution is 2.25. The summed E-state index contributed by atoms with van der Waals surface area (Å²) < 4.78 is 5.73. The molecule has 6 nitrogen and oxygen atoms in total. The molecule has 25 heavy (non-hydrogen) atoms. The van der Waals surface area contributed by atoms with Crippen molar-refractivity contribution in [1.82, 2.24) is 19.9 Å². The van der Waals surface area contributed by atoms with Gasteiger partial charge in [0.2, 0.25) is 0 Å². The first kappa shape index (κ1) is 16.1. The predicted octanol–water partition coefficient (Wildman–Crippen LogP) is 2.88. The van der Waals surface area contributed by atoms with Gasteiger partial charge >= 0.3 is 0 Å². The number of fused-ring (bicyclic) bond motifs is 1. The third kappa shape index (κ3) is 3.36. The average molecular weight is 337 g/mol. The number of aromatic amines is 1. The lowest BCUT2D eigenvalue weighted by Crippen LogP contribution is -2.40. The molecule has 1 aliphatic rings. The zero-order valence-electron chi connectivity index (χ0n) is 14.6. The monoisotopic (exact) mass is 337 g/mol. The zero-order chi connectivity index (χ0) is 17.2. The lowest BCUT2D eigenvalue weighted by molar-refractivity contribution is -0.0159. The number of aryl methyl sites for hydroxylation is 1. The number of hydrogen-bond acceptors (Lipinski definition) is 5. The van der Waals surface area contributed by atoms with Crippen LogP contribution in [0.15, 0.2) is 36.5 Å². The van der Waals surface area contributed by atoms with Gasteiger partial charge < -0.3 is 15.0 Å². The molecule has 1 aromatic carbocycles. The van der Waals surface area contributed by atoms with Gasteiger partial charge in [-0.3, -0.25) is 4.90 Å². The summed E-state index contributed by atoms with van der Waals surface area (Å²) in [5.41, 5.74) is 3.42. The van der Waals surface area contributed by atoms with E-state index in [1.807, 2.05) is 26.2 Å². The van der Waals surface area contributed by atoms with E-state index in [1.54, 1.807) is 0 Å². The summed E-state index contributed by atoms with van der Waals surface area (Å²) in [6.07, 6.45) is 1.98. The molecule has 0 aliphatic carbocycles. The summed E-state index contributed by atoms with van der Waals surface area (Å²) in [7, 11) is 1.88. The van der Waals surface area contributed by atoms with Crippen molar-refractivity contribution >= 4 is 16.7 Å². The van der Waals surface area contributed by atoms with Gasteiger partial charge in [0, 0.05) is 43.6 Å². The Bertz CT molecular complexity index is 875. The molecule has 3 aromatic rings. The Balaban J connectivity index is 1.61. The molecule has 3 heterocycles. The summed E-state index contributed by atoms with van der Waals surface area (Å²) in [6, 6.07) is 10.7. The molecule has 130 valence electrons. The standard InChI is InChI=1S/C19H23N5O/c1-13-9-18(20-2)23-19(22-13)17-12-25-8-7-24(17)11-14-3-4-15-5-6-21-16(15)10-14/h3-6,9-10,17,21H,7-8,11-12H2,1-2H3,(H,20,22,23)/t17-/m1/s1. The second-order valence-corrected chi connectivity index (χ2v) is 6.46. The number of nitrogens with one attached hydrogen (secondary N) is 2. The van der Waals surface area contributed by atoms with E-state index in [0.717, 1.165) is 37.0 Å². The van der Waals surface area contributed by atoms with Crippen LogP contribution in [0.25, 0.3) is 10.9 Å². The van der Waals surface area contributed by atoms with E-state index >= 15 is 0 Å². The van der Waals surface area contributed by atoms with Gasteiger partial charge in [-0.1, -0.05) is 12.1 Å². The SMILES string of the molecule is CNc1cc(C)nc([C@H]2COCCN2Cc2ccc3cc[nH]c3c2)n1. The van der Waals surface area contributed by atoms with Gasteiger partial charge in [0.05, 0.1) is 19.3 Å². The average Bonchev–Trinajstić information content (AvgIpc) is 3.09. The van der Waals surface area contributed by atoms with E-state index in [2.05, 4.69) is 49.4 Å². The molecule has 0 bridgehead atoms. The fraction of sp³-hybridized carbons (Fsp3) is 0.368. The number of nitrogens with zero attached hydrogens (tertiary/aromatic N) is 3. The smallest absolute Gasteiger partial charge is 0.150 e. The van der Waals surface area contributed by atoms with E-state index in [0.29, 0.717) is 6.61 Å². The van der Waals surface area contributed by atoms with Crippen molar-refractivity contribution in [2.24, 2.45) is 0 Å². The maximum absolute atomic E-state index is 5.73. The number of morpholine rings is 1. The summed E-state index contributed by atoms with van der Waals surface area (Å²) >= 11 is 0. The van der Waals surface area contributed by atoms with Crippen molar-refractivity contribution in [2.45, 2.75) is 19.5 Å². The fourth-order valence-electron chi connectivity index (χ4n) is 3.36. The second kappa shape index (κ2) is 6.82. The molecule has 6 heteroatoms. The van der Waals surface area contributed by atoms with E-state index in [1.165, 1.54) is 16.5 Å². The zero-order valence-corrected chi connectivity index (χ0v) is 14.6. The van der Waals surface area contributed by atoms with Crippen LogP contribution < -0.4 is 5.32 Å². The van der Waals surface area contributed by atoms with Crippen molar-refractivity contribution in [3.8, 4) is 0 Å². The van der Waals surface area contributed by atoms with Crippen LogP contribution in [-0.2, 0) is 11.3 Å². The molecule has 0 saturated carbocycles. The van der Waals surface area contributed by atoms with E-state index in [4.69, 9.17) is 4.74 Å². The Morgan fingerprint density at radius 2 is 2.20 bits per heavy atom. The third-order valence-electron chi connectivity index (χ3n) is 4.67. The predicted molar refractivity (Wildman–Crippen MR) is 98.6 cm³/mol. The van der Waals surface area contributed by atoms with Crippen LogP contribution in [0.4, 0.5) is 5.82 Å². The Labute approximate surface area is 147 Å². The normalized spacial score (nSPS) is 18.6. The number of hydrogen-bond donors (Lipinski definition) is 2. The summed E-state index contributed by atoms with van der Waals surface area (Å²) in [5.74, 6) is 1.67. The van der Waals surface area contributed by atoms with E-state index < -0.39 is 0 Å². The lowest BCUT2D eigenvalue weighted by Gasteiger charge is -2.34. The molecule has 1 atom stereocenters. The van der Waals surface area contributed by atoms with Crippen molar-refractivity contribution in [1.29, 1.82) is 0 Å². The molecular formula is C19H23N5O. The number of rotatable bonds is 4. The first-order valence-electron chi connectivity index (χ1n) is 8.64. The van der Waals surface area contributed by atoms with Crippen molar-refractivity contribution in [3.63, 3.8) is 0 Å². The molecule has 4 rings (SSSR count). The Morgan fingerprint density at radius 3 is 3.08 bits per heavy atom. The summed E-state index contributed by atoms with van der Waals surface area (Å²) in [6.45, 7) is 5.09. The van der Waals surface area contributed by atoms with Crippen LogP contribution in [0.1, 0.15) is 23.1 Å². The first-order chi connectivity index (χ1) is 12.2. The summed E-state index contributed by atoms with van der Waals surface area (Å²) in [4.78, 5) is 15.0. The molecule has 1 saturated heterocycles. The number of aromatic nitrogens is 3. The van der Waals surface area contributed by atoms with Gasteiger partial charge in [0.15, 0.2) is 0 Å². The van der Waals surface area contributed by atoms with Gasteiger partial charge in [-0.25, -0.2) is 9.97 Å². The van der Waals surface area contributed by atoms with Gasteiger partial charge in [-0.2, -0.15) is 0 Å². The van der Waals surface area contributed by atoms with Crippen LogP contribution >= 0.6 is 0 Å². The highest BCUT2D eigenvalue weighted by molar-refractivity contribution is 5.79. The Hall–Kier alpha value is -2.44. The van der Waals surface area contributed by atoms with Crippen molar-refractivity contribution in [2.75, 3.05) is 32.1 Å². The number of ether oxygens (including phenoxy) is 1. The number of benzene rings is 1. The minimum atomic E-state index is 0.0695. The first-order valence-corrected chi connectivity index (χ1v) is 8.64. The number of H-pyrrole nitrogens is 1. The molecule has 0 amide bonds. The van der Waals surface area contributed by atoms with Crippen LogP contribution in [0, 0.1) is 6.92 Å². The van der Waals surface area contributed by atoms with Gasteiger partial charge in [0.1, 0.15) is 11.6 Å². The molecule has 1 aliphatic heterocycles. The molecule has 1 fully saturated rings. The van der Waals surface area contributed by atoms with Crippen LogP contribution in [0.5, 0.6) is 0 Å². The van der Waals surface area contributed by atoms with Crippen LogP contribution in [0.2, 0.25) is 0 Å². The maximum atomic E-state index is 5.73. The largest absolute Gasteiger partial charge is 0.378 e. The number of anilines is 1. The minimum Gasteiger partial charge on any atom is -0.378 e. The maximum Gasteiger partial charge on any atom is 0.150 e. The Morgan fingerprint density at radius 1 is 1.28 bits per heavy atom. The lowest BCUT2D eigenvalue weighted by atomic mass is 10.1. The minimum absolute atomic E-state index is 0.0695. The molecule has 2 N–H and O–H groups in total. The van der Waals surface area contributed by atoms with Gasteiger partial charge in [-0.15, -0.1) is 0 Å². The highest BCUT2D eigenvalue weighted by Gasteiger charge is 2.27. The van der Waals surface area contributed by atoms with Gasteiger partial charge in [-0.05, 0) is 30.0 Å². The Kier molecular flexibility index (Phi) is 4.38. The van der Waals surface area contributed by atoms with Crippen molar-refractivity contribution in [3.05, 3.63) is 53.6 Å². The molecule has 0 spiro atoms. The molecule has 2 aromatic heterocycles. The topological polar surface area (TPSA) is 66.1 Å². The third-order valence-corrected chi connectivity index (χ3v) is 4.67. The van der Waals surface area contributed by atoms with Crippen LogP contribution in [0.3, 0.4) is 0 Å². The molecule has 0 radical (unpaired) electrons. The quantitative estimate of drug-likeness (QED) is 0.766.